The minimum atomic E-state index is -0.609. The summed E-state index contributed by atoms with van der Waals surface area (Å²) in [6, 6.07) is 17.1. The third-order valence-corrected chi connectivity index (χ3v) is 4.15. The van der Waals surface area contributed by atoms with Gasteiger partial charge in [0.25, 0.3) is 11.8 Å². The molecule has 0 aliphatic carbocycles. The van der Waals surface area contributed by atoms with E-state index in [9.17, 15) is 9.59 Å². The summed E-state index contributed by atoms with van der Waals surface area (Å²) in [5, 5.41) is 6.49. The largest absolute Gasteiger partial charge is 0.493 e. The molecule has 3 aromatic rings. The normalized spacial score (nSPS) is 11.2. The van der Waals surface area contributed by atoms with E-state index >= 15 is 0 Å². The minimum Gasteiger partial charge on any atom is -0.493 e. The Morgan fingerprint density at radius 1 is 0.968 bits per heavy atom. The number of methoxy groups -OCH3 is 2. The Kier molecular flexibility index (Phi) is 7.21. The molecule has 0 spiro atoms. The molecular weight excluding hydrogens is 398 g/mol. The number of rotatable bonds is 8. The molecule has 0 aliphatic heterocycles. The van der Waals surface area contributed by atoms with Gasteiger partial charge in [0.2, 0.25) is 0 Å². The molecular formula is C23H21N3O5. The Hall–Kier alpha value is -4.33. The summed E-state index contributed by atoms with van der Waals surface area (Å²) in [4.78, 5) is 25.3. The Morgan fingerprint density at radius 3 is 2.42 bits per heavy atom. The van der Waals surface area contributed by atoms with Gasteiger partial charge >= 0.3 is 0 Å². The first-order valence-electron chi connectivity index (χ1n) is 9.27. The molecule has 0 radical (unpaired) electrons. The first-order valence-corrected chi connectivity index (χ1v) is 9.27. The highest BCUT2D eigenvalue weighted by atomic mass is 16.5. The van der Waals surface area contributed by atoms with Crippen LogP contribution in [0.4, 0.5) is 0 Å². The zero-order valence-corrected chi connectivity index (χ0v) is 17.0. The van der Waals surface area contributed by atoms with Crippen molar-refractivity contribution in [2.24, 2.45) is 5.10 Å². The average molecular weight is 419 g/mol. The molecule has 0 saturated carbocycles. The van der Waals surface area contributed by atoms with E-state index in [0.29, 0.717) is 28.4 Å². The maximum Gasteiger partial charge on any atom is 0.287 e. The van der Waals surface area contributed by atoms with Gasteiger partial charge in [-0.2, -0.15) is 5.10 Å². The monoisotopic (exact) mass is 419 g/mol. The van der Waals surface area contributed by atoms with Crippen molar-refractivity contribution in [1.82, 2.24) is 10.7 Å². The number of hydrogen-bond donors (Lipinski definition) is 2. The number of furan rings is 1. The Morgan fingerprint density at radius 2 is 1.74 bits per heavy atom. The van der Waals surface area contributed by atoms with Gasteiger partial charge in [-0.25, -0.2) is 5.43 Å². The maximum atomic E-state index is 12.7. The van der Waals surface area contributed by atoms with Crippen LogP contribution in [-0.4, -0.2) is 32.2 Å². The molecule has 158 valence electrons. The number of ether oxygens (including phenoxy) is 2. The lowest BCUT2D eigenvalue weighted by Crippen LogP contribution is -2.32. The summed E-state index contributed by atoms with van der Waals surface area (Å²) in [6.07, 6.45) is 4.36. The summed E-state index contributed by atoms with van der Waals surface area (Å²) in [6.45, 7) is 0. The smallest absolute Gasteiger partial charge is 0.287 e. The molecule has 0 saturated heterocycles. The average Bonchev–Trinajstić information content (AvgIpc) is 3.32. The van der Waals surface area contributed by atoms with Crippen molar-refractivity contribution < 1.29 is 23.5 Å². The van der Waals surface area contributed by atoms with Crippen molar-refractivity contribution in [3.05, 3.63) is 89.5 Å². The van der Waals surface area contributed by atoms with E-state index < -0.39 is 11.8 Å². The van der Waals surface area contributed by atoms with Gasteiger partial charge in [-0.1, -0.05) is 24.3 Å². The van der Waals surface area contributed by atoms with Gasteiger partial charge < -0.3 is 19.2 Å². The molecule has 1 aromatic heterocycles. The molecule has 0 fully saturated rings. The van der Waals surface area contributed by atoms with Gasteiger partial charge in [0.05, 0.1) is 26.7 Å². The number of nitrogens with one attached hydrogen (secondary N) is 2. The fourth-order valence-corrected chi connectivity index (χ4v) is 2.63. The predicted molar refractivity (Wildman–Crippen MR) is 116 cm³/mol. The van der Waals surface area contributed by atoms with Crippen LogP contribution >= 0.6 is 0 Å². The van der Waals surface area contributed by atoms with Crippen molar-refractivity contribution in [2.75, 3.05) is 14.2 Å². The van der Waals surface area contributed by atoms with E-state index in [2.05, 4.69) is 15.8 Å². The van der Waals surface area contributed by atoms with Gasteiger partial charge in [-0.3, -0.25) is 9.59 Å². The Balaban J connectivity index is 1.86. The molecule has 1 heterocycles. The predicted octanol–water partition coefficient (Wildman–Crippen LogP) is 3.22. The number of amides is 2. The minimum absolute atomic E-state index is 0.00216. The number of benzene rings is 2. The molecule has 0 unspecified atom stereocenters. The lowest BCUT2D eigenvalue weighted by atomic mass is 10.1. The molecule has 2 N–H and O–H groups in total. The van der Waals surface area contributed by atoms with Crippen LogP contribution in [-0.2, 0) is 4.79 Å². The number of hydrazone groups is 1. The lowest BCUT2D eigenvalue weighted by Gasteiger charge is -2.11. The van der Waals surface area contributed by atoms with Crippen LogP contribution < -0.4 is 20.2 Å². The highest BCUT2D eigenvalue weighted by Gasteiger charge is 2.15. The molecule has 0 bridgehead atoms. The van der Waals surface area contributed by atoms with Crippen LogP contribution in [0.15, 0.2) is 82.1 Å². The van der Waals surface area contributed by atoms with Crippen molar-refractivity contribution in [3.63, 3.8) is 0 Å². The zero-order valence-electron chi connectivity index (χ0n) is 17.0. The molecule has 0 atom stereocenters. The van der Waals surface area contributed by atoms with Crippen molar-refractivity contribution >= 4 is 24.1 Å². The van der Waals surface area contributed by atoms with Crippen LogP contribution in [0, 0.1) is 0 Å². The van der Waals surface area contributed by atoms with Crippen LogP contribution in [0.1, 0.15) is 21.7 Å². The topological polar surface area (TPSA) is 102 Å². The van der Waals surface area contributed by atoms with Gasteiger partial charge in [0.1, 0.15) is 11.5 Å². The van der Waals surface area contributed by atoms with E-state index in [-0.39, 0.29) is 5.70 Å². The Bertz CT molecular complexity index is 1090. The van der Waals surface area contributed by atoms with Crippen molar-refractivity contribution in [2.45, 2.75) is 0 Å². The van der Waals surface area contributed by atoms with Crippen molar-refractivity contribution in [1.29, 1.82) is 0 Å². The number of carbonyl (C=O) groups excluding carboxylic acids is 2. The zero-order chi connectivity index (χ0) is 22.1. The second-order valence-electron chi connectivity index (χ2n) is 6.21. The maximum absolute atomic E-state index is 12.7. The molecule has 3 rings (SSSR count). The van der Waals surface area contributed by atoms with Crippen LogP contribution in [0.5, 0.6) is 11.5 Å². The highest BCUT2D eigenvalue weighted by Crippen LogP contribution is 2.28. The third kappa shape index (κ3) is 5.83. The summed E-state index contributed by atoms with van der Waals surface area (Å²) >= 11 is 0. The summed E-state index contributed by atoms with van der Waals surface area (Å²) < 4.78 is 15.7. The fourth-order valence-electron chi connectivity index (χ4n) is 2.63. The number of carbonyl (C=O) groups is 2. The molecule has 0 aliphatic rings. The second kappa shape index (κ2) is 10.4. The first kappa shape index (κ1) is 21.4. The highest BCUT2D eigenvalue weighted by molar-refractivity contribution is 6.05. The van der Waals surface area contributed by atoms with Gasteiger partial charge in [0.15, 0.2) is 11.5 Å². The molecule has 2 aromatic carbocycles. The van der Waals surface area contributed by atoms with E-state index in [1.807, 2.05) is 0 Å². The molecule has 31 heavy (non-hydrogen) atoms. The van der Waals surface area contributed by atoms with Crippen LogP contribution in [0.25, 0.3) is 6.08 Å². The molecule has 8 nitrogen and oxygen atoms in total. The summed E-state index contributed by atoms with van der Waals surface area (Å²) in [5.74, 6) is 0.460. The third-order valence-electron chi connectivity index (χ3n) is 4.15. The lowest BCUT2D eigenvalue weighted by molar-refractivity contribution is -0.117. The van der Waals surface area contributed by atoms with E-state index in [4.69, 9.17) is 13.9 Å². The molecule has 2 amide bonds. The van der Waals surface area contributed by atoms with E-state index in [1.165, 1.54) is 32.8 Å². The van der Waals surface area contributed by atoms with Gasteiger partial charge in [-0.05, 0) is 48.0 Å². The quantitative estimate of drug-likeness (QED) is 0.332. The Labute approximate surface area is 179 Å². The van der Waals surface area contributed by atoms with Crippen LogP contribution in [0.2, 0.25) is 0 Å². The van der Waals surface area contributed by atoms with E-state index in [1.54, 1.807) is 60.7 Å². The number of hydrogen-bond acceptors (Lipinski definition) is 6. The van der Waals surface area contributed by atoms with E-state index in [0.717, 1.165) is 0 Å². The number of nitrogens with zero attached hydrogens (tertiary/aromatic N) is 1. The first-order chi connectivity index (χ1) is 15.1. The van der Waals surface area contributed by atoms with Gasteiger partial charge in [-0.15, -0.1) is 0 Å². The van der Waals surface area contributed by atoms with Crippen LogP contribution in [0.3, 0.4) is 0 Å². The SMILES string of the molecule is COc1ccc(/C=C(/NC(=O)c2ccccc2)C(=O)N/N=C/c2ccco2)cc1OC. The molecule has 8 heteroatoms. The summed E-state index contributed by atoms with van der Waals surface area (Å²) in [7, 11) is 3.04. The second-order valence-corrected chi connectivity index (χ2v) is 6.21. The fraction of sp³-hybridized carbons (Fsp3) is 0.0870. The summed E-state index contributed by atoms with van der Waals surface area (Å²) in [5.41, 5.74) is 3.41. The van der Waals surface area contributed by atoms with Gasteiger partial charge in [0, 0.05) is 5.56 Å². The standard InChI is InChI=1S/C23H21N3O5/c1-29-20-11-10-16(14-21(20)30-2)13-19(25-22(27)17-7-4-3-5-8-17)23(28)26-24-15-18-9-6-12-31-18/h3-15H,1-2H3,(H,25,27)(H,26,28)/b19-13+,24-15+. The van der Waals surface area contributed by atoms with Crippen molar-refractivity contribution in [3.8, 4) is 11.5 Å².